The number of rotatable bonds is 5. The van der Waals surface area contributed by atoms with Crippen LogP contribution in [0.4, 0.5) is 5.69 Å². The topological polar surface area (TPSA) is 75.3 Å². The maximum absolute atomic E-state index is 12.6. The molecule has 1 aromatic rings. The van der Waals surface area contributed by atoms with Crippen LogP contribution >= 0.6 is 0 Å². The van der Waals surface area contributed by atoms with Crippen LogP contribution in [-0.2, 0) is 20.4 Å². The van der Waals surface area contributed by atoms with Gasteiger partial charge >= 0.3 is 0 Å². The third-order valence-electron chi connectivity index (χ3n) is 5.33. The predicted octanol–water partition coefficient (Wildman–Crippen LogP) is 2.87. The second-order valence-electron chi connectivity index (χ2n) is 7.28. The number of hydrogen-bond donors (Lipinski definition) is 2. The fraction of sp³-hybridized carbons (Fsp3) is 0.632. The van der Waals surface area contributed by atoms with Crippen molar-refractivity contribution in [3.05, 3.63) is 29.8 Å². The number of anilines is 1. The summed E-state index contributed by atoms with van der Waals surface area (Å²) < 4.78 is 25.3. The van der Waals surface area contributed by atoms with Crippen LogP contribution in [0, 0.1) is 5.92 Å². The van der Waals surface area contributed by atoms with Gasteiger partial charge in [0.2, 0.25) is 5.91 Å². The molecule has 0 bridgehead atoms. The number of carbonyl (C=O) groups is 1. The van der Waals surface area contributed by atoms with E-state index in [2.05, 4.69) is 10.6 Å². The number of benzene rings is 1. The lowest BCUT2D eigenvalue weighted by Crippen LogP contribution is -2.34. The number of hydrogen-bond acceptors (Lipinski definition) is 4. The molecule has 2 N–H and O–H groups in total. The SMILES string of the molecule is O=C(Nc1cccc(CS(=O)(=O)C2CCCCC2)c1)C1CCNCC1. The highest BCUT2D eigenvalue weighted by Gasteiger charge is 2.27. The van der Waals surface area contributed by atoms with Crippen LogP contribution in [0.25, 0.3) is 0 Å². The van der Waals surface area contributed by atoms with Crippen molar-refractivity contribution in [2.24, 2.45) is 5.92 Å². The smallest absolute Gasteiger partial charge is 0.227 e. The minimum Gasteiger partial charge on any atom is -0.326 e. The van der Waals surface area contributed by atoms with Crippen molar-refractivity contribution in [2.45, 2.75) is 55.9 Å². The average molecular weight is 365 g/mol. The molecule has 1 aliphatic carbocycles. The van der Waals surface area contributed by atoms with E-state index in [0.717, 1.165) is 63.6 Å². The van der Waals surface area contributed by atoms with Gasteiger partial charge in [-0.2, -0.15) is 0 Å². The van der Waals surface area contributed by atoms with E-state index in [1.165, 1.54) is 0 Å². The van der Waals surface area contributed by atoms with E-state index in [1.807, 2.05) is 18.2 Å². The third-order valence-corrected chi connectivity index (χ3v) is 7.56. The lowest BCUT2D eigenvalue weighted by Gasteiger charge is -2.22. The molecular formula is C19H28N2O3S. The summed E-state index contributed by atoms with van der Waals surface area (Å²) in [6.45, 7) is 1.75. The zero-order valence-corrected chi connectivity index (χ0v) is 15.5. The van der Waals surface area contributed by atoms with Crippen molar-refractivity contribution in [1.29, 1.82) is 0 Å². The first kappa shape index (κ1) is 18.4. The highest BCUT2D eigenvalue weighted by molar-refractivity contribution is 7.91. The molecule has 0 atom stereocenters. The maximum atomic E-state index is 12.6. The fourth-order valence-corrected chi connectivity index (χ4v) is 5.77. The molecule has 0 unspecified atom stereocenters. The molecule has 1 amide bonds. The van der Waals surface area contributed by atoms with Crippen LogP contribution in [0.3, 0.4) is 0 Å². The summed E-state index contributed by atoms with van der Waals surface area (Å²) in [6, 6.07) is 7.29. The van der Waals surface area contributed by atoms with E-state index in [0.29, 0.717) is 5.69 Å². The van der Waals surface area contributed by atoms with Gasteiger partial charge in [0, 0.05) is 11.6 Å². The van der Waals surface area contributed by atoms with E-state index in [1.54, 1.807) is 6.07 Å². The van der Waals surface area contributed by atoms with Gasteiger partial charge in [-0.3, -0.25) is 4.79 Å². The molecule has 3 rings (SSSR count). The number of piperidine rings is 1. The molecule has 6 heteroatoms. The highest BCUT2D eigenvalue weighted by Crippen LogP contribution is 2.27. The molecule has 0 spiro atoms. The van der Waals surface area contributed by atoms with Gasteiger partial charge in [-0.25, -0.2) is 8.42 Å². The Morgan fingerprint density at radius 3 is 2.52 bits per heavy atom. The van der Waals surface area contributed by atoms with Gasteiger partial charge in [-0.15, -0.1) is 0 Å². The van der Waals surface area contributed by atoms with Crippen LogP contribution in [0.1, 0.15) is 50.5 Å². The van der Waals surface area contributed by atoms with Crippen LogP contribution in [-0.4, -0.2) is 32.7 Å². The molecule has 1 saturated carbocycles. The summed E-state index contributed by atoms with van der Waals surface area (Å²) in [7, 11) is -3.12. The molecule has 25 heavy (non-hydrogen) atoms. The van der Waals surface area contributed by atoms with E-state index in [9.17, 15) is 13.2 Å². The second kappa shape index (κ2) is 8.32. The van der Waals surface area contributed by atoms with Crippen molar-refractivity contribution < 1.29 is 13.2 Å². The van der Waals surface area contributed by atoms with Crippen LogP contribution in [0.15, 0.2) is 24.3 Å². The lowest BCUT2D eigenvalue weighted by molar-refractivity contribution is -0.120. The van der Waals surface area contributed by atoms with Crippen molar-refractivity contribution in [1.82, 2.24) is 5.32 Å². The Hall–Kier alpha value is -1.40. The van der Waals surface area contributed by atoms with Crippen molar-refractivity contribution in [2.75, 3.05) is 18.4 Å². The molecule has 1 heterocycles. The van der Waals surface area contributed by atoms with E-state index in [-0.39, 0.29) is 22.8 Å². The minimum atomic E-state index is -3.12. The molecule has 2 fully saturated rings. The van der Waals surface area contributed by atoms with Gasteiger partial charge in [-0.1, -0.05) is 31.4 Å². The quantitative estimate of drug-likeness (QED) is 0.842. The molecule has 2 aliphatic rings. The van der Waals surface area contributed by atoms with Crippen LogP contribution in [0.5, 0.6) is 0 Å². The summed E-state index contributed by atoms with van der Waals surface area (Å²) in [5.41, 5.74) is 1.45. The number of amides is 1. The van der Waals surface area contributed by atoms with Gasteiger partial charge in [0.05, 0.1) is 11.0 Å². The van der Waals surface area contributed by atoms with Crippen molar-refractivity contribution in [3.8, 4) is 0 Å². The van der Waals surface area contributed by atoms with E-state index in [4.69, 9.17) is 0 Å². The van der Waals surface area contributed by atoms with Crippen molar-refractivity contribution in [3.63, 3.8) is 0 Å². The standard InChI is InChI=1S/C19H28N2O3S/c22-19(16-9-11-20-12-10-16)21-17-6-4-5-15(13-17)14-25(23,24)18-7-2-1-3-8-18/h4-6,13,16,18,20H,1-3,7-12,14H2,(H,21,22). The monoisotopic (exact) mass is 364 g/mol. The molecule has 1 aliphatic heterocycles. The molecule has 0 radical (unpaired) electrons. The predicted molar refractivity (Wildman–Crippen MR) is 100 cm³/mol. The molecule has 1 aromatic carbocycles. The minimum absolute atomic E-state index is 0.0359. The highest BCUT2D eigenvalue weighted by atomic mass is 32.2. The molecule has 0 aromatic heterocycles. The Morgan fingerprint density at radius 2 is 1.80 bits per heavy atom. The summed E-state index contributed by atoms with van der Waals surface area (Å²) in [6.07, 6.45) is 6.43. The molecule has 138 valence electrons. The molecule has 1 saturated heterocycles. The van der Waals surface area contributed by atoms with Crippen LogP contribution < -0.4 is 10.6 Å². The third kappa shape index (κ3) is 5.05. The fourth-order valence-electron chi connectivity index (χ4n) is 3.84. The zero-order chi connectivity index (χ0) is 17.7. The van der Waals surface area contributed by atoms with E-state index < -0.39 is 9.84 Å². The van der Waals surface area contributed by atoms with Gasteiger partial charge < -0.3 is 10.6 Å². The second-order valence-corrected chi connectivity index (χ2v) is 9.56. The summed E-state index contributed by atoms with van der Waals surface area (Å²) in [4.78, 5) is 12.4. The lowest BCUT2D eigenvalue weighted by atomic mass is 9.97. The number of nitrogens with one attached hydrogen (secondary N) is 2. The summed E-state index contributed by atoms with van der Waals surface area (Å²) in [5, 5.41) is 6.01. The van der Waals surface area contributed by atoms with E-state index >= 15 is 0 Å². The first-order valence-corrected chi connectivity index (χ1v) is 11.1. The largest absolute Gasteiger partial charge is 0.326 e. The molecular weight excluding hydrogens is 336 g/mol. The maximum Gasteiger partial charge on any atom is 0.227 e. The van der Waals surface area contributed by atoms with Gasteiger partial charge in [0.25, 0.3) is 0 Å². The normalized spacial score (nSPS) is 20.3. The Labute approximate surface area is 150 Å². The summed E-state index contributed by atoms with van der Waals surface area (Å²) in [5.74, 6) is 0.138. The number of sulfone groups is 1. The molecule has 5 nitrogen and oxygen atoms in total. The Balaban J connectivity index is 1.63. The number of carbonyl (C=O) groups excluding carboxylic acids is 1. The van der Waals surface area contributed by atoms with Crippen molar-refractivity contribution >= 4 is 21.4 Å². The Morgan fingerprint density at radius 1 is 1.08 bits per heavy atom. The average Bonchev–Trinajstić information content (AvgIpc) is 2.63. The first-order valence-electron chi connectivity index (χ1n) is 9.37. The van der Waals surface area contributed by atoms with Gasteiger partial charge in [0.1, 0.15) is 0 Å². The van der Waals surface area contributed by atoms with Gasteiger partial charge in [-0.05, 0) is 56.5 Å². The van der Waals surface area contributed by atoms with Crippen LogP contribution in [0.2, 0.25) is 0 Å². The first-order chi connectivity index (χ1) is 12.0. The van der Waals surface area contributed by atoms with Gasteiger partial charge in [0.15, 0.2) is 9.84 Å². The Bertz CT molecular complexity index is 690. The zero-order valence-electron chi connectivity index (χ0n) is 14.7. The Kier molecular flexibility index (Phi) is 6.12. The summed E-state index contributed by atoms with van der Waals surface area (Å²) >= 11 is 0.